The third-order valence-electron chi connectivity index (χ3n) is 2.60. The lowest BCUT2D eigenvalue weighted by atomic mass is 10.3. The minimum atomic E-state index is 0.112. The van der Waals surface area contributed by atoms with Crippen LogP contribution < -0.4 is 10.5 Å². The molecule has 7 heteroatoms. The Morgan fingerprint density at radius 1 is 1.10 bits per heavy atom. The van der Waals surface area contributed by atoms with Crippen molar-refractivity contribution in [2.45, 2.75) is 6.92 Å². The number of nitrogen functional groups attached to an aromatic ring is 1. The molecule has 0 aliphatic heterocycles. The van der Waals surface area contributed by atoms with Crippen molar-refractivity contribution < 1.29 is 4.74 Å². The minimum absolute atomic E-state index is 0.112. The number of rotatable bonds is 3. The lowest BCUT2D eigenvalue weighted by Gasteiger charge is -2.07. The first-order valence-electron chi connectivity index (χ1n) is 6.12. The van der Waals surface area contributed by atoms with Crippen molar-refractivity contribution in [2.24, 2.45) is 0 Å². The standard InChI is InChI=1S/C13H12N6O/c1-2-20-12-10-11(18-13(14)19-12)16-7-9(17-10)8-5-3-4-6-15-8/h3-7H,2H2,1H3,(H2,14,16,18,19). The Morgan fingerprint density at radius 2 is 2.00 bits per heavy atom. The summed E-state index contributed by atoms with van der Waals surface area (Å²) in [7, 11) is 0. The Bertz CT molecular complexity index is 746. The van der Waals surface area contributed by atoms with Crippen LogP contribution in [-0.2, 0) is 0 Å². The molecular formula is C13H12N6O. The van der Waals surface area contributed by atoms with Crippen molar-refractivity contribution in [3.63, 3.8) is 0 Å². The van der Waals surface area contributed by atoms with Gasteiger partial charge < -0.3 is 10.5 Å². The van der Waals surface area contributed by atoms with Crippen LogP contribution in [0.5, 0.6) is 5.88 Å². The first-order valence-corrected chi connectivity index (χ1v) is 6.12. The Hall–Kier alpha value is -2.83. The summed E-state index contributed by atoms with van der Waals surface area (Å²) in [5, 5.41) is 0. The third-order valence-corrected chi connectivity index (χ3v) is 2.60. The van der Waals surface area contributed by atoms with Gasteiger partial charge in [0, 0.05) is 6.20 Å². The van der Waals surface area contributed by atoms with E-state index in [9.17, 15) is 0 Å². The van der Waals surface area contributed by atoms with Crippen molar-refractivity contribution in [1.82, 2.24) is 24.9 Å². The molecule has 20 heavy (non-hydrogen) atoms. The largest absolute Gasteiger partial charge is 0.476 e. The van der Waals surface area contributed by atoms with Crippen molar-refractivity contribution >= 4 is 17.1 Å². The number of ether oxygens (including phenoxy) is 1. The van der Waals surface area contributed by atoms with Gasteiger partial charge in [-0.05, 0) is 19.1 Å². The van der Waals surface area contributed by atoms with Crippen LogP contribution in [0.25, 0.3) is 22.6 Å². The Morgan fingerprint density at radius 3 is 2.75 bits per heavy atom. The number of nitrogens with two attached hydrogens (primary N) is 1. The van der Waals surface area contributed by atoms with Crippen molar-refractivity contribution in [2.75, 3.05) is 12.3 Å². The quantitative estimate of drug-likeness (QED) is 0.767. The van der Waals surface area contributed by atoms with Gasteiger partial charge in [-0.15, -0.1) is 0 Å². The maximum atomic E-state index is 5.62. The van der Waals surface area contributed by atoms with Crippen molar-refractivity contribution in [3.8, 4) is 17.3 Å². The van der Waals surface area contributed by atoms with E-state index in [2.05, 4.69) is 24.9 Å². The average molecular weight is 268 g/mol. The smallest absolute Gasteiger partial charge is 0.247 e. The highest BCUT2D eigenvalue weighted by molar-refractivity contribution is 5.78. The molecule has 100 valence electrons. The second kappa shape index (κ2) is 5.04. The predicted molar refractivity (Wildman–Crippen MR) is 73.9 cm³/mol. The fraction of sp³-hybridized carbons (Fsp3) is 0.154. The second-order valence-corrected chi connectivity index (χ2v) is 3.96. The molecule has 0 aliphatic rings. The van der Waals surface area contributed by atoms with Gasteiger partial charge >= 0.3 is 0 Å². The van der Waals surface area contributed by atoms with E-state index in [1.54, 1.807) is 12.4 Å². The lowest BCUT2D eigenvalue weighted by Crippen LogP contribution is -2.04. The summed E-state index contributed by atoms with van der Waals surface area (Å²) in [5.74, 6) is 0.445. The molecule has 0 aromatic carbocycles. The molecule has 2 N–H and O–H groups in total. The first-order chi connectivity index (χ1) is 9.78. The summed E-state index contributed by atoms with van der Waals surface area (Å²) >= 11 is 0. The van der Waals surface area contributed by atoms with Gasteiger partial charge in [0.05, 0.1) is 18.5 Å². The normalized spacial score (nSPS) is 10.7. The van der Waals surface area contributed by atoms with Gasteiger partial charge in [-0.1, -0.05) is 6.07 Å². The summed E-state index contributed by atoms with van der Waals surface area (Å²) in [6.45, 7) is 2.32. The highest BCUT2D eigenvalue weighted by Crippen LogP contribution is 2.23. The van der Waals surface area contributed by atoms with E-state index in [1.165, 1.54) is 0 Å². The number of pyridine rings is 1. The highest BCUT2D eigenvalue weighted by Gasteiger charge is 2.12. The number of hydrogen-bond donors (Lipinski definition) is 1. The van der Waals surface area contributed by atoms with Gasteiger partial charge in [0.15, 0.2) is 11.2 Å². The molecule has 7 nitrogen and oxygen atoms in total. The summed E-state index contributed by atoms with van der Waals surface area (Å²) in [4.78, 5) is 21.1. The van der Waals surface area contributed by atoms with E-state index in [4.69, 9.17) is 10.5 Å². The van der Waals surface area contributed by atoms with Crippen LogP contribution in [0.1, 0.15) is 6.92 Å². The monoisotopic (exact) mass is 268 g/mol. The molecule has 0 aliphatic carbocycles. The van der Waals surface area contributed by atoms with Crippen LogP contribution >= 0.6 is 0 Å². The summed E-state index contributed by atoms with van der Waals surface area (Å²) in [6.07, 6.45) is 3.30. The number of nitrogens with zero attached hydrogens (tertiary/aromatic N) is 5. The van der Waals surface area contributed by atoms with E-state index in [1.807, 2.05) is 25.1 Å². The van der Waals surface area contributed by atoms with Gasteiger partial charge in [0.1, 0.15) is 5.69 Å². The molecular weight excluding hydrogens is 256 g/mol. The molecule has 3 aromatic rings. The molecule has 0 amide bonds. The molecule has 0 atom stereocenters. The number of hydrogen-bond acceptors (Lipinski definition) is 7. The zero-order valence-corrected chi connectivity index (χ0v) is 10.8. The molecule has 3 aromatic heterocycles. The van der Waals surface area contributed by atoms with Gasteiger partial charge in [-0.25, -0.2) is 9.97 Å². The van der Waals surface area contributed by atoms with E-state index >= 15 is 0 Å². The average Bonchev–Trinajstić information content (AvgIpc) is 2.48. The second-order valence-electron chi connectivity index (χ2n) is 3.96. The molecule has 0 spiro atoms. The summed E-state index contributed by atoms with van der Waals surface area (Å²) in [5.41, 5.74) is 7.86. The molecule has 0 bridgehead atoms. The van der Waals surface area contributed by atoms with E-state index in [0.29, 0.717) is 29.3 Å². The van der Waals surface area contributed by atoms with Crippen molar-refractivity contribution in [1.29, 1.82) is 0 Å². The topological polar surface area (TPSA) is 99.7 Å². The first kappa shape index (κ1) is 12.2. The summed E-state index contributed by atoms with van der Waals surface area (Å²) in [6, 6.07) is 5.58. The third kappa shape index (κ3) is 2.20. The molecule has 0 saturated heterocycles. The van der Waals surface area contributed by atoms with Gasteiger partial charge in [0.2, 0.25) is 11.8 Å². The van der Waals surface area contributed by atoms with Crippen LogP contribution in [0.2, 0.25) is 0 Å². The minimum Gasteiger partial charge on any atom is -0.476 e. The molecule has 0 fully saturated rings. The van der Waals surface area contributed by atoms with E-state index < -0.39 is 0 Å². The van der Waals surface area contributed by atoms with Crippen LogP contribution in [0.4, 0.5) is 5.95 Å². The Labute approximate surface area is 114 Å². The zero-order valence-electron chi connectivity index (χ0n) is 10.8. The molecule has 3 heterocycles. The summed E-state index contributed by atoms with van der Waals surface area (Å²) < 4.78 is 5.44. The van der Waals surface area contributed by atoms with Gasteiger partial charge in [0.25, 0.3) is 0 Å². The number of aromatic nitrogens is 5. The Balaban J connectivity index is 2.19. The van der Waals surface area contributed by atoms with E-state index in [0.717, 1.165) is 5.69 Å². The van der Waals surface area contributed by atoms with Gasteiger partial charge in [-0.2, -0.15) is 9.97 Å². The van der Waals surface area contributed by atoms with Crippen LogP contribution in [-0.4, -0.2) is 31.5 Å². The fourth-order valence-electron chi connectivity index (χ4n) is 1.77. The molecule has 0 unspecified atom stereocenters. The predicted octanol–water partition coefficient (Wildman–Crippen LogP) is 1.46. The molecule has 3 rings (SSSR count). The van der Waals surface area contributed by atoms with E-state index in [-0.39, 0.29) is 5.95 Å². The zero-order chi connectivity index (χ0) is 13.9. The fourth-order valence-corrected chi connectivity index (χ4v) is 1.77. The van der Waals surface area contributed by atoms with Crippen LogP contribution in [0.15, 0.2) is 30.6 Å². The molecule has 0 radical (unpaired) electrons. The maximum absolute atomic E-state index is 5.62. The van der Waals surface area contributed by atoms with Crippen LogP contribution in [0.3, 0.4) is 0 Å². The Kier molecular flexibility index (Phi) is 3.08. The molecule has 0 saturated carbocycles. The lowest BCUT2D eigenvalue weighted by molar-refractivity contribution is 0.330. The van der Waals surface area contributed by atoms with Crippen molar-refractivity contribution in [3.05, 3.63) is 30.6 Å². The maximum Gasteiger partial charge on any atom is 0.247 e. The van der Waals surface area contributed by atoms with Gasteiger partial charge in [-0.3, -0.25) is 4.98 Å². The highest BCUT2D eigenvalue weighted by atomic mass is 16.5. The SMILES string of the molecule is CCOc1nc(N)nc2ncc(-c3ccccn3)nc12. The van der Waals surface area contributed by atoms with Crippen LogP contribution in [0, 0.1) is 0 Å². The number of anilines is 1. The number of fused-ring (bicyclic) bond motifs is 1.